The molecule has 0 saturated carbocycles. The number of sulfonamides is 1. The van der Waals surface area contributed by atoms with Crippen LogP contribution >= 0.6 is 11.6 Å². The molecule has 0 heterocycles. The van der Waals surface area contributed by atoms with Gasteiger partial charge in [0.15, 0.2) is 0 Å². The number of hydrogen-bond donors (Lipinski definition) is 1. The average Bonchev–Trinajstić information content (AvgIpc) is 2.67. The molecule has 0 spiro atoms. The predicted octanol–water partition coefficient (Wildman–Crippen LogP) is 3.56. The summed E-state index contributed by atoms with van der Waals surface area (Å²) < 4.78 is 30.9. The quantitative estimate of drug-likeness (QED) is 0.615. The van der Waals surface area contributed by atoms with Crippen LogP contribution in [0.1, 0.15) is 24.0 Å². The molecule has 0 fully saturated rings. The minimum Gasteiger partial charge on any atom is -0.497 e. The SMILES string of the molecule is COc1ccc(CCNC(=O)CCCN(c2cc(Cl)ccc2C)S(C)(=O)=O)cc1. The highest BCUT2D eigenvalue weighted by atomic mass is 35.5. The summed E-state index contributed by atoms with van der Waals surface area (Å²) in [7, 11) is -1.86. The number of carbonyl (C=O) groups excluding carboxylic acids is 1. The standard InChI is InChI=1S/C21H27ClN2O4S/c1-16-6-9-18(22)15-20(16)24(29(3,26)27)14-4-5-21(25)23-13-12-17-7-10-19(28-2)11-8-17/h6-11,15H,4-5,12-14H2,1-3H3,(H,23,25). The summed E-state index contributed by atoms with van der Waals surface area (Å²) in [6.07, 6.45) is 2.52. The number of methoxy groups -OCH3 is 1. The second-order valence-electron chi connectivity index (χ2n) is 6.82. The minimum absolute atomic E-state index is 0.102. The zero-order chi connectivity index (χ0) is 21.4. The highest BCUT2D eigenvalue weighted by molar-refractivity contribution is 7.92. The maximum Gasteiger partial charge on any atom is 0.232 e. The average molecular weight is 439 g/mol. The largest absolute Gasteiger partial charge is 0.497 e. The highest BCUT2D eigenvalue weighted by Gasteiger charge is 2.19. The van der Waals surface area contributed by atoms with Crippen molar-refractivity contribution < 1.29 is 17.9 Å². The first-order chi connectivity index (χ1) is 13.7. The summed E-state index contributed by atoms with van der Waals surface area (Å²) >= 11 is 6.03. The first-order valence-corrected chi connectivity index (χ1v) is 11.6. The third-order valence-electron chi connectivity index (χ3n) is 4.50. The number of nitrogens with one attached hydrogen (secondary N) is 1. The lowest BCUT2D eigenvalue weighted by molar-refractivity contribution is -0.121. The Morgan fingerprint density at radius 1 is 1.17 bits per heavy atom. The molecule has 0 aliphatic heterocycles. The number of rotatable bonds is 10. The van der Waals surface area contributed by atoms with Crippen molar-refractivity contribution in [1.29, 1.82) is 0 Å². The molecule has 158 valence electrons. The molecule has 2 aromatic rings. The van der Waals surface area contributed by atoms with Crippen LogP contribution in [0.15, 0.2) is 42.5 Å². The van der Waals surface area contributed by atoms with Crippen LogP contribution in [0.4, 0.5) is 5.69 Å². The van der Waals surface area contributed by atoms with Crippen LogP contribution in [0.3, 0.4) is 0 Å². The zero-order valence-electron chi connectivity index (χ0n) is 16.9. The summed E-state index contributed by atoms with van der Waals surface area (Å²) in [6, 6.07) is 12.8. The Hall–Kier alpha value is -2.25. The molecule has 0 saturated heterocycles. The fourth-order valence-electron chi connectivity index (χ4n) is 2.93. The Bertz CT molecular complexity index is 930. The summed E-state index contributed by atoms with van der Waals surface area (Å²) in [6.45, 7) is 2.57. The van der Waals surface area contributed by atoms with Crippen molar-refractivity contribution in [2.45, 2.75) is 26.2 Å². The number of nitrogens with zero attached hydrogens (tertiary/aromatic N) is 1. The van der Waals surface area contributed by atoms with Crippen LogP contribution in [0.5, 0.6) is 5.75 Å². The number of hydrogen-bond acceptors (Lipinski definition) is 4. The molecule has 0 unspecified atom stereocenters. The van der Waals surface area contributed by atoms with Gasteiger partial charge < -0.3 is 10.1 Å². The summed E-state index contributed by atoms with van der Waals surface area (Å²) in [5, 5.41) is 3.34. The third kappa shape index (κ3) is 7.25. The van der Waals surface area contributed by atoms with Crippen molar-refractivity contribution in [2.24, 2.45) is 0 Å². The van der Waals surface area contributed by atoms with E-state index in [1.165, 1.54) is 4.31 Å². The van der Waals surface area contributed by atoms with Gasteiger partial charge in [-0.2, -0.15) is 0 Å². The molecule has 0 atom stereocenters. The van der Waals surface area contributed by atoms with Crippen LogP contribution in [0.25, 0.3) is 0 Å². The van der Waals surface area contributed by atoms with E-state index < -0.39 is 10.0 Å². The van der Waals surface area contributed by atoms with Crippen molar-refractivity contribution in [3.63, 3.8) is 0 Å². The lowest BCUT2D eigenvalue weighted by Crippen LogP contribution is -2.33. The second-order valence-corrected chi connectivity index (χ2v) is 9.16. The molecule has 2 aromatic carbocycles. The van der Waals surface area contributed by atoms with Gasteiger partial charge in [0, 0.05) is 24.5 Å². The van der Waals surface area contributed by atoms with Gasteiger partial charge in [0.05, 0.1) is 19.1 Å². The molecule has 1 amide bonds. The van der Waals surface area contributed by atoms with Gasteiger partial charge in [-0.1, -0.05) is 29.8 Å². The summed E-state index contributed by atoms with van der Waals surface area (Å²) in [5.74, 6) is 0.693. The van der Waals surface area contributed by atoms with Crippen LogP contribution < -0.4 is 14.4 Å². The number of aryl methyl sites for hydroxylation is 1. The molecule has 0 bridgehead atoms. The van der Waals surface area contributed by atoms with Gasteiger partial charge in [-0.05, 0) is 55.2 Å². The van der Waals surface area contributed by atoms with Crippen LogP contribution in [-0.4, -0.2) is 40.8 Å². The van der Waals surface area contributed by atoms with Gasteiger partial charge in [0.2, 0.25) is 15.9 Å². The van der Waals surface area contributed by atoms with E-state index in [-0.39, 0.29) is 18.9 Å². The highest BCUT2D eigenvalue weighted by Crippen LogP contribution is 2.26. The van der Waals surface area contributed by atoms with E-state index in [4.69, 9.17) is 16.3 Å². The second kappa shape index (κ2) is 10.5. The molecule has 2 rings (SSSR count). The molecule has 0 aliphatic carbocycles. The number of anilines is 1. The maximum absolute atomic E-state index is 12.2. The molecule has 8 heteroatoms. The third-order valence-corrected chi connectivity index (χ3v) is 5.92. The molecule has 29 heavy (non-hydrogen) atoms. The van der Waals surface area contributed by atoms with E-state index >= 15 is 0 Å². The lowest BCUT2D eigenvalue weighted by Gasteiger charge is -2.24. The van der Waals surface area contributed by atoms with E-state index in [1.807, 2.05) is 31.2 Å². The van der Waals surface area contributed by atoms with Gasteiger partial charge >= 0.3 is 0 Å². The molecule has 6 nitrogen and oxygen atoms in total. The van der Waals surface area contributed by atoms with Crippen molar-refractivity contribution in [3.8, 4) is 5.75 Å². The van der Waals surface area contributed by atoms with Gasteiger partial charge in [0.25, 0.3) is 0 Å². The Morgan fingerprint density at radius 3 is 2.48 bits per heavy atom. The number of amides is 1. The summed E-state index contributed by atoms with van der Waals surface area (Å²) in [4.78, 5) is 12.1. The van der Waals surface area contributed by atoms with E-state index in [0.717, 1.165) is 23.1 Å². The van der Waals surface area contributed by atoms with Gasteiger partial charge in [-0.3, -0.25) is 9.10 Å². The Morgan fingerprint density at radius 2 is 1.86 bits per heavy atom. The van der Waals surface area contributed by atoms with E-state index in [1.54, 1.807) is 25.3 Å². The fourth-order valence-corrected chi connectivity index (χ4v) is 4.11. The van der Waals surface area contributed by atoms with Gasteiger partial charge in [-0.25, -0.2) is 8.42 Å². The first-order valence-electron chi connectivity index (χ1n) is 9.34. The van der Waals surface area contributed by atoms with E-state index in [9.17, 15) is 13.2 Å². The minimum atomic E-state index is -3.48. The lowest BCUT2D eigenvalue weighted by atomic mass is 10.1. The topological polar surface area (TPSA) is 75.7 Å². The van der Waals surface area contributed by atoms with Crippen LogP contribution in [0.2, 0.25) is 5.02 Å². The smallest absolute Gasteiger partial charge is 0.232 e. The van der Waals surface area contributed by atoms with Crippen LogP contribution in [-0.2, 0) is 21.2 Å². The molecule has 1 N–H and O–H groups in total. The Balaban J connectivity index is 1.84. The zero-order valence-corrected chi connectivity index (χ0v) is 18.5. The Labute approximate surface area is 177 Å². The number of carbonyl (C=O) groups is 1. The van der Waals surface area contributed by atoms with E-state index in [0.29, 0.717) is 30.1 Å². The van der Waals surface area contributed by atoms with Crippen molar-refractivity contribution in [1.82, 2.24) is 5.32 Å². The monoisotopic (exact) mass is 438 g/mol. The Kier molecular flexibility index (Phi) is 8.34. The van der Waals surface area contributed by atoms with Gasteiger partial charge in [0.1, 0.15) is 5.75 Å². The van der Waals surface area contributed by atoms with E-state index in [2.05, 4.69) is 5.32 Å². The first kappa shape index (κ1) is 23.0. The fraction of sp³-hybridized carbons (Fsp3) is 0.381. The molecular formula is C21H27ClN2O4S. The number of ether oxygens (including phenoxy) is 1. The van der Waals surface area contributed by atoms with Crippen LogP contribution in [0, 0.1) is 6.92 Å². The predicted molar refractivity (Wildman–Crippen MR) is 117 cm³/mol. The number of halogens is 1. The molecule has 0 aliphatic rings. The van der Waals surface area contributed by atoms with Crippen molar-refractivity contribution in [3.05, 3.63) is 58.6 Å². The normalized spacial score (nSPS) is 11.2. The molecule has 0 radical (unpaired) electrons. The molecular weight excluding hydrogens is 412 g/mol. The summed E-state index contributed by atoms with van der Waals surface area (Å²) in [5.41, 5.74) is 2.45. The maximum atomic E-state index is 12.2. The van der Waals surface area contributed by atoms with Crippen molar-refractivity contribution in [2.75, 3.05) is 30.8 Å². The van der Waals surface area contributed by atoms with Crippen molar-refractivity contribution >= 4 is 33.2 Å². The van der Waals surface area contributed by atoms with Gasteiger partial charge in [-0.15, -0.1) is 0 Å². The number of benzene rings is 2. The molecule has 0 aromatic heterocycles.